The molecule has 3 N–H and O–H groups in total. The van der Waals surface area contributed by atoms with E-state index in [0.29, 0.717) is 17.0 Å². The van der Waals surface area contributed by atoms with Crippen molar-refractivity contribution >= 4 is 35.0 Å². The lowest BCUT2D eigenvalue weighted by Gasteiger charge is -2.34. The summed E-state index contributed by atoms with van der Waals surface area (Å²) >= 11 is 1.04. The van der Waals surface area contributed by atoms with Gasteiger partial charge in [-0.3, -0.25) is 4.90 Å². The number of benzene rings is 1. The van der Waals surface area contributed by atoms with Gasteiger partial charge in [0.15, 0.2) is 11.5 Å². The number of urea groups is 1. The normalized spacial score (nSPS) is 14.0. The average Bonchev–Trinajstić information content (AvgIpc) is 3.14. The molecule has 9 heteroatoms. The number of ether oxygens (including phenoxy) is 1. The number of nitrogens with one attached hydrogen (secondary N) is 1. The first-order valence-electron chi connectivity index (χ1n) is 11.2. The maximum absolute atomic E-state index is 13.1. The first-order chi connectivity index (χ1) is 15.8. The molecule has 1 aromatic heterocycles. The van der Waals surface area contributed by atoms with Gasteiger partial charge in [-0.2, -0.15) is 0 Å². The first-order valence-corrected chi connectivity index (χ1v) is 12.0. The number of amides is 2. The number of carboxylic acid groups (broad SMARTS) is 2. The van der Waals surface area contributed by atoms with E-state index in [1.54, 1.807) is 6.92 Å². The van der Waals surface area contributed by atoms with Gasteiger partial charge < -0.3 is 20.3 Å². The van der Waals surface area contributed by atoms with Crippen LogP contribution in [-0.2, 0) is 4.79 Å². The van der Waals surface area contributed by atoms with E-state index in [4.69, 9.17) is 9.84 Å². The monoisotopic (exact) mass is 474 g/mol. The van der Waals surface area contributed by atoms with Gasteiger partial charge in [0, 0.05) is 28.7 Å². The van der Waals surface area contributed by atoms with Gasteiger partial charge in [0.1, 0.15) is 5.75 Å². The van der Waals surface area contributed by atoms with Crippen LogP contribution in [0.4, 0.5) is 10.5 Å². The van der Waals surface area contributed by atoms with E-state index in [2.05, 4.69) is 5.32 Å². The summed E-state index contributed by atoms with van der Waals surface area (Å²) in [4.78, 5) is 38.2. The van der Waals surface area contributed by atoms with Gasteiger partial charge in [-0.25, -0.2) is 14.4 Å². The average molecular weight is 475 g/mol. The topological polar surface area (TPSA) is 116 Å². The van der Waals surface area contributed by atoms with Gasteiger partial charge in [0.2, 0.25) is 0 Å². The fourth-order valence-corrected chi connectivity index (χ4v) is 5.26. The minimum absolute atomic E-state index is 0.0426. The molecule has 3 rings (SSSR count). The van der Waals surface area contributed by atoms with Crippen molar-refractivity contribution in [3.8, 4) is 16.2 Å². The Hall–Kier alpha value is -3.07. The highest BCUT2D eigenvalue weighted by Gasteiger charge is 2.28. The third kappa shape index (κ3) is 5.84. The summed E-state index contributed by atoms with van der Waals surface area (Å²) in [6.45, 7) is 3.70. The second-order valence-corrected chi connectivity index (χ2v) is 9.17. The fourth-order valence-electron chi connectivity index (χ4n) is 4.17. The molecular formula is C24H30N2O6S. The molecular weight excluding hydrogens is 444 g/mol. The second-order valence-electron chi connectivity index (χ2n) is 8.15. The molecule has 2 aromatic rings. The molecule has 0 unspecified atom stereocenters. The van der Waals surface area contributed by atoms with Gasteiger partial charge in [-0.15, -0.1) is 11.3 Å². The third-order valence-electron chi connectivity index (χ3n) is 5.70. The molecule has 0 spiro atoms. The fraction of sp³-hybridized carbons (Fsp3) is 0.458. The molecule has 1 saturated carbocycles. The Morgan fingerprint density at radius 1 is 1.18 bits per heavy atom. The Kier molecular flexibility index (Phi) is 8.32. The van der Waals surface area contributed by atoms with E-state index in [-0.39, 0.29) is 22.7 Å². The van der Waals surface area contributed by atoms with Crippen LogP contribution >= 0.6 is 11.3 Å². The number of carbonyl (C=O) groups is 3. The van der Waals surface area contributed by atoms with Gasteiger partial charge >= 0.3 is 18.0 Å². The summed E-state index contributed by atoms with van der Waals surface area (Å²) in [6.07, 6.45) is 6.06. The summed E-state index contributed by atoms with van der Waals surface area (Å²) < 4.78 is 5.30. The first kappa shape index (κ1) is 24.6. The van der Waals surface area contributed by atoms with Crippen LogP contribution in [0.2, 0.25) is 0 Å². The Bertz CT molecular complexity index is 1010. The molecule has 0 aliphatic heterocycles. The zero-order valence-electron chi connectivity index (χ0n) is 18.9. The van der Waals surface area contributed by atoms with Crippen LogP contribution in [0.1, 0.15) is 60.7 Å². The number of hydrogen-bond donors (Lipinski definition) is 3. The Balaban J connectivity index is 2.00. The van der Waals surface area contributed by atoms with Crippen LogP contribution in [-0.4, -0.2) is 47.4 Å². The molecule has 0 saturated heterocycles. The Morgan fingerprint density at radius 2 is 1.91 bits per heavy atom. The summed E-state index contributed by atoms with van der Waals surface area (Å²) in [5.41, 5.74) is 2.08. The number of aromatic carboxylic acids is 1. The zero-order valence-corrected chi connectivity index (χ0v) is 19.7. The number of aliphatic carboxylic acids is 1. The minimum atomic E-state index is -1.18. The summed E-state index contributed by atoms with van der Waals surface area (Å²) in [7, 11) is 0. The molecule has 0 bridgehead atoms. The van der Waals surface area contributed by atoms with Crippen molar-refractivity contribution in [3.63, 3.8) is 0 Å². The lowest BCUT2D eigenvalue weighted by Crippen LogP contribution is -2.47. The molecule has 33 heavy (non-hydrogen) atoms. The third-order valence-corrected chi connectivity index (χ3v) is 7.01. The molecule has 2 amide bonds. The molecule has 1 aliphatic rings. The van der Waals surface area contributed by atoms with Crippen LogP contribution in [0.15, 0.2) is 24.3 Å². The van der Waals surface area contributed by atoms with Crippen molar-refractivity contribution in [3.05, 3.63) is 34.7 Å². The number of hydrogen-bond acceptors (Lipinski definition) is 5. The highest BCUT2D eigenvalue weighted by molar-refractivity contribution is 7.18. The molecule has 1 heterocycles. The number of thiophene rings is 1. The van der Waals surface area contributed by atoms with Gasteiger partial charge in [0.05, 0.1) is 0 Å². The largest absolute Gasteiger partial charge is 0.480 e. The lowest BCUT2D eigenvalue weighted by molar-refractivity contribution is -0.139. The van der Waals surface area contributed by atoms with Crippen molar-refractivity contribution in [1.29, 1.82) is 0 Å². The number of carboxylic acids is 2. The van der Waals surface area contributed by atoms with Crippen LogP contribution in [0.25, 0.3) is 10.4 Å². The highest BCUT2D eigenvalue weighted by Crippen LogP contribution is 2.42. The van der Waals surface area contributed by atoms with Crippen LogP contribution in [0.5, 0.6) is 5.75 Å². The summed E-state index contributed by atoms with van der Waals surface area (Å²) in [5, 5.41) is 21.5. The molecule has 8 nitrogen and oxygen atoms in total. The molecule has 1 aromatic carbocycles. The molecule has 1 aliphatic carbocycles. The van der Waals surface area contributed by atoms with Crippen LogP contribution in [0, 0.1) is 6.92 Å². The number of nitrogens with zero attached hydrogens (tertiary/aromatic N) is 1. The Labute approximate surface area is 197 Å². The van der Waals surface area contributed by atoms with Crippen LogP contribution in [0.3, 0.4) is 0 Å². The number of anilines is 1. The van der Waals surface area contributed by atoms with E-state index in [1.807, 2.05) is 36.1 Å². The van der Waals surface area contributed by atoms with Crippen molar-refractivity contribution < 1.29 is 29.3 Å². The highest BCUT2D eigenvalue weighted by atomic mass is 32.1. The van der Waals surface area contributed by atoms with E-state index in [1.165, 1.54) is 6.42 Å². The van der Waals surface area contributed by atoms with Gasteiger partial charge in [-0.05, 0) is 43.9 Å². The van der Waals surface area contributed by atoms with Crippen molar-refractivity contribution in [1.82, 2.24) is 5.32 Å². The number of rotatable bonds is 9. The predicted octanol–water partition coefficient (Wildman–Crippen LogP) is 5.14. The van der Waals surface area contributed by atoms with Crippen LogP contribution < -0.4 is 15.0 Å². The van der Waals surface area contributed by atoms with Crippen molar-refractivity contribution in [2.45, 2.75) is 58.4 Å². The minimum Gasteiger partial charge on any atom is -0.480 e. The van der Waals surface area contributed by atoms with E-state index in [0.717, 1.165) is 54.7 Å². The second kappa shape index (κ2) is 11.2. The Morgan fingerprint density at radius 3 is 2.55 bits per heavy atom. The van der Waals surface area contributed by atoms with E-state index in [9.17, 15) is 19.5 Å². The zero-order chi connectivity index (χ0) is 24.0. The smallest absolute Gasteiger partial charge is 0.349 e. The van der Waals surface area contributed by atoms with E-state index < -0.39 is 18.5 Å². The van der Waals surface area contributed by atoms with Gasteiger partial charge in [-0.1, -0.05) is 38.3 Å². The molecule has 0 atom stereocenters. The van der Waals surface area contributed by atoms with Crippen molar-refractivity contribution in [2.24, 2.45) is 0 Å². The number of carbonyl (C=O) groups excluding carboxylic acids is 1. The maximum atomic E-state index is 13.1. The van der Waals surface area contributed by atoms with Crippen molar-refractivity contribution in [2.75, 3.05) is 18.1 Å². The summed E-state index contributed by atoms with van der Waals surface area (Å²) in [5.74, 6) is -2.28. The summed E-state index contributed by atoms with van der Waals surface area (Å²) in [6, 6.07) is 7.49. The molecule has 1 fully saturated rings. The van der Waals surface area contributed by atoms with E-state index >= 15 is 0 Å². The molecule has 0 radical (unpaired) electrons. The maximum Gasteiger partial charge on any atom is 0.349 e. The standard InChI is InChI=1S/C24H30N2O6S/c1-3-12-25-24(31)26(17-9-5-4-6-10-17)18-11-7-8-16(13-18)21-15(2)20(32-14-19(27)28)22(33-21)23(29)30/h7-8,11,13,17H,3-6,9-10,12,14H2,1-2H3,(H,25,31)(H,27,28)(H,29,30). The molecule has 178 valence electrons. The van der Waals surface area contributed by atoms with Gasteiger partial charge in [0.25, 0.3) is 0 Å². The SMILES string of the molecule is CCCNC(=O)N(c1cccc(-c2sc(C(=O)O)c(OCC(=O)O)c2C)c1)C1CCCCC1. The lowest BCUT2D eigenvalue weighted by atomic mass is 9.93. The quantitative estimate of drug-likeness (QED) is 0.463. The predicted molar refractivity (Wildman–Crippen MR) is 128 cm³/mol.